The summed E-state index contributed by atoms with van der Waals surface area (Å²) in [6.45, 7) is 8.67. The third kappa shape index (κ3) is 8.22. The number of ketones is 2. The van der Waals surface area contributed by atoms with Gasteiger partial charge in [0, 0.05) is 39.3 Å². The van der Waals surface area contributed by atoms with E-state index in [0.29, 0.717) is 0 Å². The first-order valence-electron chi connectivity index (χ1n) is 13.1. The van der Waals surface area contributed by atoms with Crippen molar-refractivity contribution in [2.75, 3.05) is 6.61 Å². The lowest BCUT2D eigenvalue weighted by atomic mass is 9.73. The fourth-order valence-electron chi connectivity index (χ4n) is 4.96. The zero-order chi connectivity index (χ0) is 29.6. The summed E-state index contributed by atoms with van der Waals surface area (Å²) in [5.41, 5.74) is 0.638. The molecular formula is C29H37NO10. The Morgan fingerprint density at radius 2 is 1.48 bits per heavy atom. The number of Topliss-reactive ketones (excluding diaryl/α,β-unsaturated/α-hetero) is 2. The van der Waals surface area contributed by atoms with Gasteiger partial charge in [0.25, 0.3) is 0 Å². The van der Waals surface area contributed by atoms with Crippen molar-refractivity contribution in [2.24, 2.45) is 5.41 Å². The molecule has 1 heterocycles. The lowest BCUT2D eigenvalue weighted by Gasteiger charge is -2.45. The Hall–Kier alpha value is -3.57. The Bertz CT molecular complexity index is 1140. The number of nitrogens with one attached hydrogen (secondary N) is 1. The molecule has 1 saturated heterocycles. The van der Waals surface area contributed by atoms with Gasteiger partial charge in [-0.1, -0.05) is 44.2 Å². The lowest BCUT2D eigenvalue weighted by Crippen LogP contribution is -2.65. The molecule has 40 heavy (non-hydrogen) atoms. The van der Waals surface area contributed by atoms with Gasteiger partial charge in [-0.25, -0.2) is 0 Å². The van der Waals surface area contributed by atoms with Gasteiger partial charge in [0.05, 0.1) is 12.2 Å². The van der Waals surface area contributed by atoms with Crippen LogP contribution in [0.5, 0.6) is 0 Å². The quantitative estimate of drug-likeness (QED) is 0.206. The first-order chi connectivity index (χ1) is 18.8. The molecule has 2 aliphatic rings. The molecule has 1 saturated carbocycles. The number of ether oxygens (including phenoxy) is 5. The van der Waals surface area contributed by atoms with Crippen molar-refractivity contribution in [3.05, 3.63) is 47.2 Å². The molecule has 11 nitrogen and oxygen atoms in total. The van der Waals surface area contributed by atoms with Crippen molar-refractivity contribution in [1.29, 1.82) is 0 Å². The van der Waals surface area contributed by atoms with Crippen molar-refractivity contribution in [2.45, 2.75) is 91.6 Å². The highest BCUT2D eigenvalue weighted by atomic mass is 16.7. The zero-order valence-corrected chi connectivity index (χ0v) is 23.7. The van der Waals surface area contributed by atoms with Gasteiger partial charge in [-0.15, -0.1) is 0 Å². The number of esters is 3. The summed E-state index contributed by atoms with van der Waals surface area (Å²) in [6, 6.07) is 8.22. The molecular weight excluding hydrogens is 522 g/mol. The Kier molecular flexibility index (Phi) is 10.2. The lowest BCUT2D eigenvalue weighted by molar-refractivity contribution is -0.280. The molecule has 0 spiro atoms. The number of rotatable bonds is 9. The SMILES string of the molecule is CC(=O)OC[C@H]1O[C@H](OCc2ccccc2)[C@@H](NC(C)=C2C(=O)CC(C)(C)CC2=O)[C@@H](OC(C)=O)[C@@H]1OC(C)=O. The van der Waals surface area contributed by atoms with Crippen molar-refractivity contribution in [1.82, 2.24) is 5.32 Å². The summed E-state index contributed by atoms with van der Waals surface area (Å²) >= 11 is 0. The van der Waals surface area contributed by atoms with Crippen LogP contribution < -0.4 is 5.32 Å². The van der Waals surface area contributed by atoms with Gasteiger partial charge in [-0.2, -0.15) is 0 Å². The van der Waals surface area contributed by atoms with Gasteiger partial charge in [0.15, 0.2) is 30.1 Å². The highest BCUT2D eigenvalue weighted by molar-refractivity contribution is 6.22. The molecule has 11 heteroatoms. The maximum absolute atomic E-state index is 13.0. The van der Waals surface area contributed by atoms with Crippen molar-refractivity contribution in [3.63, 3.8) is 0 Å². The number of allylic oxidation sites excluding steroid dienone is 2. The van der Waals surface area contributed by atoms with Crippen LogP contribution in [-0.4, -0.2) is 66.7 Å². The molecule has 1 N–H and O–H groups in total. The summed E-state index contributed by atoms with van der Waals surface area (Å²) in [7, 11) is 0. The van der Waals surface area contributed by atoms with E-state index in [1.54, 1.807) is 6.92 Å². The van der Waals surface area contributed by atoms with E-state index in [-0.39, 0.29) is 48.9 Å². The standard InChI is InChI=1S/C29H37NO10/c1-16(24-21(34)12-29(5,6)13-22(24)35)30-25-27(39-19(4)33)26(38-18(3)32)23(15-36-17(2)31)40-28(25)37-14-20-10-8-7-9-11-20/h7-11,23,25-28,30H,12-15H2,1-6H3/t23-,25+,26-,27-,28+/m1/s1. The highest BCUT2D eigenvalue weighted by Gasteiger charge is 2.51. The van der Waals surface area contributed by atoms with Gasteiger partial charge >= 0.3 is 17.9 Å². The van der Waals surface area contributed by atoms with E-state index in [0.717, 1.165) is 5.56 Å². The monoisotopic (exact) mass is 559 g/mol. The van der Waals surface area contributed by atoms with Crippen LogP contribution in [0.25, 0.3) is 0 Å². The fourth-order valence-corrected chi connectivity index (χ4v) is 4.96. The molecule has 1 aromatic carbocycles. The Morgan fingerprint density at radius 3 is 2.02 bits per heavy atom. The Balaban J connectivity index is 2.03. The second-order valence-corrected chi connectivity index (χ2v) is 10.8. The molecule has 0 unspecified atom stereocenters. The van der Waals surface area contributed by atoms with Gasteiger partial charge in [-0.05, 0) is 17.9 Å². The molecule has 5 atom stereocenters. The molecule has 0 aromatic heterocycles. The first-order valence-corrected chi connectivity index (χ1v) is 13.1. The van der Waals surface area contributed by atoms with Crippen LogP contribution in [0.1, 0.15) is 59.9 Å². The fraction of sp³-hybridized carbons (Fsp3) is 0.552. The van der Waals surface area contributed by atoms with Crippen LogP contribution in [0, 0.1) is 5.41 Å². The van der Waals surface area contributed by atoms with E-state index in [1.807, 2.05) is 44.2 Å². The van der Waals surface area contributed by atoms with Crippen molar-refractivity contribution >= 4 is 29.5 Å². The van der Waals surface area contributed by atoms with Gasteiger partial charge in [-0.3, -0.25) is 24.0 Å². The largest absolute Gasteiger partial charge is 0.463 e. The summed E-state index contributed by atoms with van der Waals surface area (Å²) in [4.78, 5) is 61.8. The Labute approximate surface area is 233 Å². The average molecular weight is 560 g/mol. The number of hydrogen-bond acceptors (Lipinski definition) is 11. The van der Waals surface area contributed by atoms with Gasteiger partial charge in [0.2, 0.25) is 0 Å². The normalized spacial score (nSPS) is 26.1. The minimum absolute atomic E-state index is 0.0220. The van der Waals surface area contributed by atoms with E-state index >= 15 is 0 Å². The second kappa shape index (κ2) is 13.2. The molecule has 1 aliphatic heterocycles. The molecule has 2 fully saturated rings. The summed E-state index contributed by atoms with van der Waals surface area (Å²) < 4.78 is 28.6. The molecule has 0 radical (unpaired) electrons. The van der Waals surface area contributed by atoms with Crippen LogP contribution in [0.15, 0.2) is 41.6 Å². The summed E-state index contributed by atoms with van der Waals surface area (Å²) in [5.74, 6) is -2.57. The molecule has 1 aliphatic carbocycles. The number of benzene rings is 1. The predicted molar refractivity (Wildman–Crippen MR) is 140 cm³/mol. The number of carbonyl (C=O) groups excluding carboxylic acids is 5. The molecule has 0 bridgehead atoms. The average Bonchev–Trinajstić information content (AvgIpc) is 2.83. The predicted octanol–water partition coefficient (Wildman–Crippen LogP) is 2.54. The highest BCUT2D eigenvalue weighted by Crippen LogP contribution is 2.35. The summed E-state index contributed by atoms with van der Waals surface area (Å²) in [5, 5.41) is 3.12. The van der Waals surface area contributed by atoms with Crippen LogP contribution >= 0.6 is 0 Å². The summed E-state index contributed by atoms with van der Waals surface area (Å²) in [6.07, 6.45) is -4.21. The minimum Gasteiger partial charge on any atom is -0.463 e. The zero-order valence-electron chi connectivity index (χ0n) is 23.7. The van der Waals surface area contributed by atoms with Crippen molar-refractivity contribution < 1.29 is 47.7 Å². The van der Waals surface area contributed by atoms with Gasteiger partial charge in [0.1, 0.15) is 18.8 Å². The maximum Gasteiger partial charge on any atom is 0.303 e. The van der Waals surface area contributed by atoms with Crippen LogP contribution in [0.3, 0.4) is 0 Å². The van der Waals surface area contributed by atoms with E-state index in [1.165, 1.54) is 20.8 Å². The number of hydrogen-bond donors (Lipinski definition) is 1. The topological polar surface area (TPSA) is 144 Å². The second-order valence-electron chi connectivity index (χ2n) is 10.8. The molecule has 1 aromatic rings. The first kappa shape index (κ1) is 31.0. The number of carbonyl (C=O) groups is 5. The van der Waals surface area contributed by atoms with Crippen LogP contribution in [-0.2, 0) is 54.3 Å². The molecule has 218 valence electrons. The smallest absolute Gasteiger partial charge is 0.303 e. The molecule has 0 amide bonds. The van der Waals surface area contributed by atoms with Crippen LogP contribution in [0.4, 0.5) is 0 Å². The van der Waals surface area contributed by atoms with E-state index in [4.69, 9.17) is 23.7 Å². The maximum atomic E-state index is 13.0. The van der Waals surface area contributed by atoms with E-state index < -0.39 is 54.0 Å². The van der Waals surface area contributed by atoms with Crippen molar-refractivity contribution in [3.8, 4) is 0 Å². The Morgan fingerprint density at radius 1 is 0.900 bits per heavy atom. The van der Waals surface area contributed by atoms with Gasteiger partial charge < -0.3 is 29.0 Å². The van der Waals surface area contributed by atoms with E-state index in [9.17, 15) is 24.0 Å². The third-order valence-corrected chi connectivity index (χ3v) is 6.55. The minimum atomic E-state index is -1.20. The molecule has 3 rings (SSSR count). The van der Waals surface area contributed by atoms with Crippen LogP contribution in [0.2, 0.25) is 0 Å². The van der Waals surface area contributed by atoms with E-state index in [2.05, 4.69) is 5.32 Å². The third-order valence-electron chi connectivity index (χ3n) is 6.55.